The Morgan fingerprint density at radius 1 is 1.37 bits per heavy atom. The minimum Gasteiger partial charge on any atom is -0.478 e. The summed E-state index contributed by atoms with van der Waals surface area (Å²) in [4.78, 5) is 11.1. The average Bonchev–Trinajstić information content (AvgIpc) is 2.37. The molecule has 0 atom stereocenters. The topological polar surface area (TPSA) is 84.6 Å². The number of hydrogen-bond acceptors (Lipinski definition) is 4. The number of benzene rings is 1. The molecule has 0 aliphatic heterocycles. The monoisotopic (exact) mass is 266 g/mol. The maximum atomic E-state index is 11.1. The fourth-order valence-electron chi connectivity index (χ4n) is 1.86. The van der Waals surface area contributed by atoms with Crippen LogP contribution >= 0.6 is 0 Å². The van der Waals surface area contributed by atoms with Crippen molar-refractivity contribution in [3.8, 4) is 0 Å². The van der Waals surface area contributed by atoms with E-state index in [1.807, 2.05) is 13.0 Å². The smallest absolute Gasteiger partial charge is 0.337 e. The van der Waals surface area contributed by atoms with Gasteiger partial charge in [0.1, 0.15) is 0 Å². The van der Waals surface area contributed by atoms with Gasteiger partial charge in [0.2, 0.25) is 0 Å². The zero-order chi connectivity index (χ0) is 14.3. The molecule has 19 heavy (non-hydrogen) atoms. The molecule has 0 bridgehead atoms. The molecule has 0 aliphatic carbocycles. The Kier molecular flexibility index (Phi) is 6.15. The van der Waals surface area contributed by atoms with Gasteiger partial charge in [-0.2, -0.15) is 0 Å². The van der Waals surface area contributed by atoms with Crippen LogP contribution in [0.2, 0.25) is 0 Å². The summed E-state index contributed by atoms with van der Waals surface area (Å²) < 4.78 is 4.98. The minimum atomic E-state index is -0.996. The van der Waals surface area contributed by atoms with Gasteiger partial charge in [-0.25, -0.2) is 4.79 Å². The first-order valence-electron chi connectivity index (χ1n) is 6.42. The molecule has 0 unspecified atom stereocenters. The van der Waals surface area contributed by atoms with E-state index >= 15 is 0 Å². The number of aromatic carboxylic acids is 1. The third kappa shape index (κ3) is 4.79. The van der Waals surface area contributed by atoms with Crippen LogP contribution in [-0.2, 0) is 4.74 Å². The average molecular weight is 266 g/mol. The summed E-state index contributed by atoms with van der Waals surface area (Å²) in [6.07, 6.45) is 3.15. The van der Waals surface area contributed by atoms with Gasteiger partial charge in [-0.3, -0.25) is 0 Å². The molecule has 0 radical (unpaired) electrons. The van der Waals surface area contributed by atoms with Crippen molar-refractivity contribution in [1.82, 2.24) is 0 Å². The van der Waals surface area contributed by atoms with Gasteiger partial charge in [-0.05, 0) is 43.9 Å². The number of nitrogens with one attached hydrogen (secondary N) is 1. The van der Waals surface area contributed by atoms with E-state index in [2.05, 4.69) is 5.32 Å². The molecule has 0 aliphatic rings. The fraction of sp³-hybridized carbons (Fsp3) is 0.500. The van der Waals surface area contributed by atoms with Crippen molar-refractivity contribution in [2.75, 3.05) is 31.3 Å². The highest BCUT2D eigenvalue weighted by Gasteiger charge is 2.11. The van der Waals surface area contributed by atoms with Gasteiger partial charge in [-0.15, -0.1) is 0 Å². The molecule has 1 aromatic carbocycles. The molecule has 1 rings (SSSR count). The third-order valence-corrected chi connectivity index (χ3v) is 2.97. The number of ether oxygens (including phenoxy) is 1. The van der Waals surface area contributed by atoms with Gasteiger partial charge in [0.15, 0.2) is 0 Å². The minimum absolute atomic E-state index is 0.155. The van der Waals surface area contributed by atoms with Crippen molar-refractivity contribution >= 4 is 17.3 Å². The fourth-order valence-corrected chi connectivity index (χ4v) is 1.86. The van der Waals surface area contributed by atoms with E-state index in [-0.39, 0.29) is 5.56 Å². The summed E-state index contributed by atoms with van der Waals surface area (Å²) in [5.41, 5.74) is 7.81. The number of carboxylic acid groups (broad SMARTS) is 1. The van der Waals surface area contributed by atoms with Crippen LogP contribution in [0.25, 0.3) is 0 Å². The number of carbonyl (C=O) groups is 1. The molecule has 5 nitrogen and oxygen atoms in total. The third-order valence-electron chi connectivity index (χ3n) is 2.97. The highest BCUT2D eigenvalue weighted by atomic mass is 16.5. The molecule has 0 heterocycles. The lowest BCUT2D eigenvalue weighted by Crippen LogP contribution is -2.08. The second kappa shape index (κ2) is 7.63. The lowest BCUT2D eigenvalue weighted by molar-refractivity contribution is 0.0698. The van der Waals surface area contributed by atoms with Crippen LogP contribution in [0.3, 0.4) is 0 Å². The van der Waals surface area contributed by atoms with Crippen LogP contribution < -0.4 is 11.1 Å². The summed E-state index contributed by atoms with van der Waals surface area (Å²) in [6, 6.07) is 3.46. The zero-order valence-electron chi connectivity index (χ0n) is 11.5. The van der Waals surface area contributed by atoms with Crippen LogP contribution in [0.5, 0.6) is 0 Å². The first-order valence-corrected chi connectivity index (χ1v) is 6.42. The molecular weight excluding hydrogens is 244 g/mol. The van der Waals surface area contributed by atoms with E-state index in [1.54, 1.807) is 13.2 Å². The zero-order valence-corrected chi connectivity index (χ0v) is 11.5. The summed E-state index contributed by atoms with van der Waals surface area (Å²) in [7, 11) is 1.70. The Balaban J connectivity index is 2.52. The van der Waals surface area contributed by atoms with Crippen molar-refractivity contribution in [2.45, 2.75) is 26.2 Å². The molecule has 0 spiro atoms. The maximum absolute atomic E-state index is 11.1. The Hall–Kier alpha value is -1.75. The van der Waals surface area contributed by atoms with E-state index in [0.29, 0.717) is 5.69 Å². The Morgan fingerprint density at radius 3 is 2.74 bits per heavy atom. The molecule has 106 valence electrons. The predicted octanol–water partition coefficient (Wildman–Crippen LogP) is 2.50. The van der Waals surface area contributed by atoms with Gasteiger partial charge >= 0.3 is 5.97 Å². The molecular formula is C14H22N2O3. The molecule has 0 saturated heterocycles. The van der Waals surface area contributed by atoms with Gasteiger partial charge in [0.25, 0.3) is 0 Å². The second-order valence-electron chi connectivity index (χ2n) is 4.54. The van der Waals surface area contributed by atoms with Crippen LogP contribution in [0.4, 0.5) is 11.4 Å². The molecule has 4 N–H and O–H groups in total. The highest BCUT2D eigenvalue weighted by molar-refractivity contribution is 5.95. The molecule has 0 saturated carbocycles. The first kappa shape index (κ1) is 15.3. The summed E-state index contributed by atoms with van der Waals surface area (Å²) in [5, 5.41) is 12.3. The van der Waals surface area contributed by atoms with Gasteiger partial charge in [-0.1, -0.05) is 0 Å². The van der Waals surface area contributed by atoms with E-state index in [0.717, 1.165) is 43.7 Å². The number of hydrogen-bond donors (Lipinski definition) is 3. The number of nitrogen functional groups attached to an aromatic ring is 1. The number of methoxy groups -OCH3 is 1. The second-order valence-corrected chi connectivity index (χ2v) is 4.54. The molecule has 0 aromatic heterocycles. The number of carboxylic acids is 1. The van der Waals surface area contributed by atoms with Gasteiger partial charge < -0.3 is 20.9 Å². The Morgan fingerprint density at radius 2 is 2.11 bits per heavy atom. The van der Waals surface area contributed by atoms with E-state index in [9.17, 15) is 4.79 Å². The highest BCUT2D eigenvalue weighted by Crippen LogP contribution is 2.22. The van der Waals surface area contributed by atoms with Gasteiger partial charge in [0, 0.05) is 31.6 Å². The SMILES string of the molecule is COCCCCCNc1cc(C)c(N)c(C(=O)O)c1. The summed E-state index contributed by atoms with van der Waals surface area (Å²) in [5.74, 6) is -0.996. The maximum Gasteiger partial charge on any atom is 0.337 e. The lowest BCUT2D eigenvalue weighted by Gasteiger charge is -2.11. The largest absolute Gasteiger partial charge is 0.478 e. The summed E-state index contributed by atoms with van der Waals surface area (Å²) in [6.45, 7) is 3.40. The number of anilines is 2. The normalized spacial score (nSPS) is 10.4. The van der Waals surface area contributed by atoms with Crippen LogP contribution in [0, 0.1) is 6.92 Å². The number of unbranched alkanes of at least 4 members (excludes halogenated alkanes) is 2. The number of nitrogens with two attached hydrogens (primary N) is 1. The lowest BCUT2D eigenvalue weighted by atomic mass is 10.1. The molecule has 1 aromatic rings. The van der Waals surface area contributed by atoms with E-state index in [4.69, 9.17) is 15.6 Å². The standard InChI is InChI=1S/C14H22N2O3/c1-10-8-11(9-12(13(10)15)14(17)18)16-6-4-3-5-7-19-2/h8-9,16H,3-7,15H2,1-2H3,(H,17,18). The van der Waals surface area contributed by atoms with Crippen molar-refractivity contribution in [3.05, 3.63) is 23.3 Å². The van der Waals surface area contributed by atoms with E-state index < -0.39 is 5.97 Å². The predicted molar refractivity (Wildman–Crippen MR) is 76.8 cm³/mol. The van der Waals surface area contributed by atoms with Crippen molar-refractivity contribution in [3.63, 3.8) is 0 Å². The molecule has 5 heteroatoms. The summed E-state index contributed by atoms with van der Waals surface area (Å²) >= 11 is 0. The van der Waals surface area contributed by atoms with Crippen LogP contribution in [0.1, 0.15) is 35.2 Å². The first-order chi connectivity index (χ1) is 9.06. The van der Waals surface area contributed by atoms with Crippen molar-refractivity contribution in [1.29, 1.82) is 0 Å². The number of aryl methyl sites for hydroxylation is 1. The molecule has 0 amide bonds. The van der Waals surface area contributed by atoms with Crippen molar-refractivity contribution in [2.24, 2.45) is 0 Å². The van der Waals surface area contributed by atoms with Crippen LogP contribution in [0.15, 0.2) is 12.1 Å². The van der Waals surface area contributed by atoms with Gasteiger partial charge in [0.05, 0.1) is 5.56 Å². The Labute approximate surface area is 113 Å². The molecule has 0 fully saturated rings. The van der Waals surface area contributed by atoms with E-state index in [1.165, 1.54) is 0 Å². The Bertz CT molecular complexity index is 433. The number of rotatable bonds is 8. The van der Waals surface area contributed by atoms with Crippen LogP contribution in [-0.4, -0.2) is 31.3 Å². The quantitative estimate of drug-likeness (QED) is 0.497. The van der Waals surface area contributed by atoms with Crippen molar-refractivity contribution < 1.29 is 14.6 Å².